The number of amides is 1. The van der Waals surface area contributed by atoms with Crippen LogP contribution in [0.25, 0.3) is 10.4 Å². The van der Waals surface area contributed by atoms with Crippen molar-refractivity contribution in [3.8, 4) is 10.4 Å². The maximum atomic E-state index is 13.3. The van der Waals surface area contributed by atoms with E-state index in [9.17, 15) is 26.4 Å². The molecule has 7 nitrogen and oxygen atoms in total. The van der Waals surface area contributed by atoms with E-state index in [0.29, 0.717) is 21.0 Å². The molecular weight excluding hydrogens is 441 g/mol. The number of aryl methyl sites for hydroxylation is 1. The lowest BCUT2D eigenvalue weighted by atomic mass is 10.0. The van der Waals surface area contributed by atoms with E-state index in [2.05, 4.69) is 9.71 Å². The summed E-state index contributed by atoms with van der Waals surface area (Å²) in [6, 6.07) is 0.292. The van der Waals surface area contributed by atoms with Gasteiger partial charge in [0.1, 0.15) is 6.04 Å². The summed E-state index contributed by atoms with van der Waals surface area (Å²) in [6.45, 7) is 5.43. The molecule has 30 heavy (non-hydrogen) atoms. The second-order valence-electron chi connectivity index (χ2n) is 7.40. The number of carbonyl (C=O) groups excluding carboxylic acids is 1. The van der Waals surface area contributed by atoms with Crippen molar-refractivity contribution in [2.24, 2.45) is 0 Å². The van der Waals surface area contributed by atoms with Crippen LogP contribution in [0, 0.1) is 6.92 Å². The van der Waals surface area contributed by atoms with Crippen LogP contribution in [-0.4, -0.2) is 42.5 Å². The number of nitrogens with one attached hydrogen (secondary N) is 1. The molecule has 1 aliphatic heterocycles. The third-order valence-electron chi connectivity index (χ3n) is 4.70. The molecule has 3 N–H and O–H groups in total. The third-order valence-corrected chi connectivity index (χ3v) is 7.41. The van der Waals surface area contributed by atoms with Crippen LogP contribution in [0.5, 0.6) is 0 Å². The summed E-state index contributed by atoms with van der Waals surface area (Å²) < 4.78 is 68.1. The first kappa shape index (κ1) is 22.5. The number of anilines is 1. The summed E-state index contributed by atoms with van der Waals surface area (Å²) in [7, 11) is -4.16. The molecular formula is C18H21F3N4O3S2. The first-order valence-electron chi connectivity index (χ1n) is 9.02. The van der Waals surface area contributed by atoms with Crippen molar-refractivity contribution in [3.05, 3.63) is 29.0 Å². The Morgan fingerprint density at radius 3 is 2.40 bits per heavy atom. The molecule has 2 aromatic rings. The van der Waals surface area contributed by atoms with Gasteiger partial charge in [0.25, 0.3) is 5.91 Å². The zero-order chi connectivity index (χ0) is 22.6. The van der Waals surface area contributed by atoms with Crippen molar-refractivity contribution in [3.63, 3.8) is 0 Å². The van der Waals surface area contributed by atoms with E-state index < -0.39 is 34.2 Å². The average Bonchev–Trinajstić information content (AvgIpc) is 3.10. The van der Waals surface area contributed by atoms with Crippen LogP contribution in [0.3, 0.4) is 0 Å². The highest BCUT2D eigenvalue weighted by Gasteiger charge is 2.46. The second-order valence-corrected chi connectivity index (χ2v) is 10.1. The number of fused-ring (bicyclic) bond motifs is 1. The summed E-state index contributed by atoms with van der Waals surface area (Å²) in [6.07, 6.45) is -4.64. The lowest BCUT2D eigenvalue weighted by Gasteiger charge is -2.26. The first-order valence-corrected chi connectivity index (χ1v) is 11.3. The van der Waals surface area contributed by atoms with Crippen molar-refractivity contribution >= 4 is 32.4 Å². The summed E-state index contributed by atoms with van der Waals surface area (Å²) in [4.78, 5) is 17.9. The Morgan fingerprint density at radius 2 is 1.90 bits per heavy atom. The number of thiazole rings is 1. The number of rotatable bonds is 5. The molecule has 1 amide bonds. The van der Waals surface area contributed by atoms with E-state index in [-0.39, 0.29) is 27.7 Å². The van der Waals surface area contributed by atoms with Crippen LogP contribution in [0.2, 0.25) is 0 Å². The number of hydrogen-bond acceptors (Lipinski definition) is 6. The smallest absolute Gasteiger partial charge is 0.375 e. The van der Waals surface area contributed by atoms with Crippen LogP contribution >= 0.6 is 11.3 Å². The van der Waals surface area contributed by atoms with Gasteiger partial charge >= 0.3 is 6.18 Å². The van der Waals surface area contributed by atoms with Gasteiger partial charge in [0.2, 0.25) is 10.0 Å². The molecule has 1 aromatic heterocycles. The quantitative estimate of drug-likeness (QED) is 0.709. The molecule has 1 atom stereocenters. The highest BCUT2D eigenvalue weighted by molar-refractivity contribution is 7.89. The monoisotopic (exact) mass is 462 g/mol. The van der Waals surface area contributed by atoms with Gasteiger partial charge in [-0.3, -0.25) is 4.79 Å². The van der Waals surface area contributed by atoms with Gasteiger partial charge in [0.05, 0.1) is 21.0 Å². The van der Waals surface area contributed by atoms with Gasteiger partial charge in [-0.25, -0.2) is 18.1 Å². The van der Waals surface area contributed by atoms with E-state index in [1.165, 1.54) is 12.1 Å². The molecule has 0 saturated carbocycles. The Balaban J connectivity index is 2.22. The topological polar surface area (TPSA) is 105 Å². The normalized spacial score (nSPS) is 15.7. The first-order chi connectivity index (χ1) is 13.7. The SMILES string of the molecule is Cc1nc(N)sc1-c1cc2c(c(S(=O)(=O)NC(C)C)c1)C(=O)N([C@@H](C)C(F)(F)F)C2. The highest BCUT2D eigenvalue weighted by atomic mass is 32.2. The van der Waals surface area contributed by atoms with Crippen LogP contribution < -0.4 is 10.5 Å². The summed E-state index contributed by atoms with van der Waals surface area (Å²) in [5.74, 6) is -0.967. The van der Waals surface area contributed by atoms with Crippen molar-refractivity contribution < 1.29 is 26.4 Å². The Bertz CT molecular complexity index is 1110. The number of alkyl halides is 3. The van der Waals surface area contributed by atoms with Crippen LogP contribution in [0.15, 0.2) is 17.0 Å². The molecule has 2 heterocycles. The number of nitrogens with two attached hydrogens (primary N) is 1. The number of carbonyl (C=O) groups is 1. The molecule has 1 aromatic carbocycles. The predicted octanol–water partition coefficient (Wildman–Crippen LogP) is 3.29. The molecule has 0 aliphatic carbocycles. The van der Waals surface area contributed by atoms with E-state index >= 15 is 0 Å². The molecule has 164 valence electrons. The molecule has 1 aliphatic rings. The molecule has 3 rings (SSSR count). The molecule has 0 bridgehead atoms. The van der Waals surface area contributed by atoms with Gasteiger partial charge in [-0.05, 0) is 51.0 Å². The van der Waals surface area contributed by atoms with Gasteiger partial charge < -0.3 is 10.6 Å². The van der Waals surface area contributed by atoms with E-state index in [1.54, 1.807) is 20.8 Å². The molecule has 12 heteroatoms. The molecule has 0 saturated heterocycles. The van der Waals surface area contributed by atoms with Gasteiger partial charge in [-0.15, -0.1) is 0 Å². The standard InChI is InChI=1S/C18H21F3N4O3S2/c1-8(2)24-30(27,28)13-6-11(15-9(3)23-17(22)29-15)5-12-7-25(16(26)14(12)13)10(4)18(19,20)21/h5-6,8,10,24H,7H2,1-4H3,(H2,22,23)/t10-/m0/s1. The summed E-state index contributed by atoms with van der Waals surface area (Å²) >= 11 is 1.13. The predicted molar refractivity (Wildman–Crippen MR) is 108 cm³/mol. The maximum absolute atomic E-state index is 13.3. The Kier molecular flexibility index (Phi) is 5.63. The van der Waals surface area contributed by atoms with Crippen LogP contribution in [-0.2, 0) is 16.6 Å². The summed E-state index contributed by atoms with van der Waals surface area (Å²) in [5.41, 5.74) is 6.70. The average molecular weight is 463 g/mol. The number of aromatic nitrogens is 1. The zero-order valence-corrected chi connectivity index (χ0v) is 18.3. The Labute approximate surface area is 176 Å². The zero-order valence-electron chi connectivity index (χ0n) is 16.7. The van der Waals surface area contributed by atoms with E-state index in [1.807, 2.05) is 0 Å². The van der Waals surface area contributed by atoms with Crippen LogP contribution in [0.4, 0.5) is 18.3 Å². The summed E-state index contributed by atoms with van der Waals surface area (Å²) in [5, 5.41) is 0.274. The number of halogens is 3. The fourth-order valence-corrected chi connectivity index (χ4v) is 5.67. The maximum Gasteiger partial charge on any atom is 0.408 e. The number of hydrogen-bond donors (Lipinski definition) is 2. The van der Waals surface area contributed by atoms with Crippen LogP contribution in [0.1, 0.15) is 42.4 Å². The fourth-order valence-electron chi connectivity index (χ4n) is 3.33. The molecule has 0 spiro atoms. The van der Waals surface area contributed by atoms with Gasteiger partial charge in [-0.1, -0.05) is 11.3 Å². The van der Waals surface area contributed by atoms with Crippen molar-refractivity contribution in [2.75, 3.05) is 5.73 Å². The van der Waals surface area contributed by atoms with Crippen molar-refractivity contribution in [1.82, 2.24) is 14.6 Å². The molecule has 0 fully saturated rings. The lowest BCUT2D eigenvalue weighted by molar-refractivity contribution is -0.172. The van der Waals surface area contributed by atoms with E-state index in [0.717, 1.165) is 18.3 Å². The van der Waals surface area contributed by atoms with Gasteiger partial charge in [0, 0.05) is 12.6 Å². The Hall–Kier alpha value is -2.18. The highest BCUT2D eigenvalue weighted by Crippen LogP contribution is 2.40. The minimum absolute atomic E-state index is 0.212. The minimum Gasteiger partial charge on any atom is -0.375 e. The number of nitrogens with zero attached hydrogens (tertiary/aromatic N) is 2. The number of benzene rings is 1. The lowest BCUT2D eigenvalue weighted by Crippen LogP contribution is -2.43. The molecule has 0 unspecified atom stereocenters. The fraction of sp³-hybridized carbons (Fsp3) is 0.444. The van der Waals surface area contributed by atoms with Crippen molar-refractivity contribution in [1.29, 1.82) is 0 Å². The van der Waals surface area contributed by atoms with Gasteiger partial charge in [0.15, 0.2) is 5.13 Å². The molecule has 0 radical (unpaired) electrons. The Morgan fingerprint density at radius 1 is 1.27 bits per heavy atom. The second kappa shape index (κ2) is 7.50. The number of nitrogen functional groups attached to an aromatic ring is 1. The van der Waals surface area contributed by atoms with Gasteiger partial charge in [-0.2, -0.15) is 13.2 Å². The van der Waals surface area contributed by atoms with E-state index in [4.69, 9.17) is 5.73 Å². The largest absolute Gasteiger partial charge is 0.408 e. The van der Waals surface area contributed by atoms with Crippen molar-refractivity contribution in [2.45, 2.75) is 57.4 Å². The third kappa shape index (κ3) is 4.03. The minimum atomic E-state index is -4.64. The number of sulfonamides is 1.